The average Bonchev–Trinajstić information content (AvgIpc) is 2.77. The van der Waals surface area contributed by atoms with Crippen LogP contribution in [0.25, 0.3) is 0 Å². The molecule has 12 heavy (non-hydrogen) atoms. The predicted octanol–water partition coefficient (Wildman–Crippen LogP) is 2.52. The van der Waals surface area contributed by atoms with Crippen LogP contribution >= 0.6 is 0 Å². The molecule has 1 heterocycles. The van der Waals surface area contributed by atoms with Crippen LogP contribution in [0.2, 0.25) is 0 Å². The van der Waals surface area contributed by atoms with Crippen LogP contribution in [0, 0.1) is 11.8 Å². The lowest BCUT2D eigenvalue weighted by molar-refractivity contribution is 0.186. The molecule has 2 rings (SSSR count). The van der Waals surface area contributed by atoms with Gasteiger partial charge in [0.2, 0.25) is 0 Å². The third-order valence-electron chi connectivity index (χ3n) is 3.93. The van der Waals surface area contributed by atoms with E-state index in [2.05, 4.69) is 25.8 Å². The molecule has 0 aromatic rings. The number of piperidine rings is 1. The Morgan fingerprint density at radius 3 is 2.33 bits per heavy atom. The molecule has 1 saturated carbocycles. The number of fused-ring (bicyclic) bond motifs is 1. The quantitative estimate of drug-likeness (QED) is 0.624. The summed E-state index contributed by atoms with van der Waals surface area (Å²) >= 11 is 0. The van der Waals surface area contributed by atoms with Gasteiger partial charge >= 0.3 is 0 Å². The molecular formula is C11H21N. The molecule has 1 aliphatic heterocycles. The van der Waals surface area contributed by atoms with Crippen LogP contribution in [0.1, 0.15) is 39.5 Å². The highest BCUT2D eigenvalue weighted by molar-refractivity contribution is 5.08. The predicted molar refractivity (Wildman–Crippen MR) is 52.1 cm³/mol. The summed E-state index contributed by atoms with van der Waals surface area (Å²) < 4.78 is 0. The lowest BCUT2D eigenvalue weighted by atomic mass is 10.1. The summed E-state index contributed by atoms with van der Waals surface area (Å²) in [7, 11) is 2.33. The molecule has 0 amide bonds. The smallest absolute Gasteiger partial charge is 0.0127 e. The first-order valence-corrected chi connectivity index (χ1v) is 5.51. The van der Waals surface area contributed by atoms with Crippen molar-refractivity contribution in [2.45, 2.75) is 51.6 Å². The summed E-state index contributed by atoms with van der Waals surface area (Å²) in [5.41, 5.74) is 0. The zero-order valence-electron chi connectivity index (χ0n) is 8.59. The van der Waals surface area contributed by atoms with Crippen molar-refractivity contribution in [3.8, 4) is 0 Å². The highest BCUT2D eigenvalue weighted by Crippen LogP contribution is 2.54. The van der Waals surface area contributed by atoms with Gasteiger partial charge < -0.3 is 0 Å². The first-order valence-electron chi connectivity index (χ1n) is 5.51. The Kier molecular flexibility index (Phi) is 2.16. The first-order chi connectivity index (χ1) is 5.79. The van der Waals surface area contributed by atoms with Crippen molar-refractivity contribution in [2.24, 2.45) is 11.8 Å². The Hall–Kier alpha value is -0.0400. The molecular weight excluding hydrogens is 146 g/mol. The van der Waals surface area contributed by atoms with Gasteiger partial charge in [0.25, 0.3) is 0 Å². The molecule has 2 aliphatic rings. The van der Waals surface area contributed by atoms with E-state index in [1.54, 1.807) is 0 Å². The first kappa shape index (κ1) is 8.55. The van der Waals surface area contributed by atoms with Gasteiger partial charge in [-0.3, -0.25) is 4.90 Å². The molecule has 1 saturated heterocycles. The number of likely N-dealkylation sites (tertiary alicyclic amines) is 1. The maximum Gasteiger partial charge on any atom is 0.0127 e. The average molecular weight is 167 g/mol. The molecule has 1 nitrogen and oxygen atoms in total. The molecule has 1 heteroatoms. The molecule has 0 spiro atoms. The number of nitrogens with zero attached hydrogens (tertiary/aromatic N) is 1. The summed E-state index contributed by atoms with van der Waals surface area (Å²) in [5.74, 6) is 2.16. The fourth-order valence-electron chi connectivity index (χ4n) is 3.27. The van der Waals surface area contributed by atoms with Crippen LogP contribution < -0.4 is 0 Å². The van der Waals surface area contributed by atoms with E-state index in [9.17, 15) is 0 Å². The van der Waals surface area contributed by atoms with Gasteiger partial charge in [-0.25, -0.2) is 0 Å². The summed E-state index contributed by atoms with van der Waals surface area (Å²) in [6.07, 6.45) is 5.67. The van der Waals surface area contributed by atoms with Gasteiger partial charge in [-0.05, 0) is 38.1 Å². The standard InChI is InChI=1S/C11H21N/c1-4-6-11-9-7-8(9)10(5-2)12(11)3/h8-11H,4-7H2,1-3H3. The van der Waals surface area contributed by atoms with E-state index in [1.807, 2.05) is 0 Å². The summed E-state index contributed by atoms with van der Waals surface area (Å²) in [6, 6.07) is 1.86. The minimum atomic E-state index is 0.923. The topological polar surface area (TPSA) is 3.24 Å². The maximum absolute atomic E-state index is 2.66. The van der Waals surface area contributed by atoms with Crippen molar-refractivity contribution in [3.63, 3.8) is 0 Å². The zero-order chi connectivity index (χ0) is 8.72. The van der Waals surface area contributed by atoms with Gasteiger partial charge in [0.15, 0.2) is 0 Å². The largest absolute Gasteiger partial charge is 0.300 e. The third kappa shape index (κ3) is 1.10. The molecule has 1 aliphatic carbocycles. The number of hydrogen-bond acceptors (Lipinski definition) is 1. The monoisotopic (exact) mass is 167 g/mol. The highest BCUT2D eigenvalue weighted by Gasteiger charge is 2.55. The van der Waals surface area contributed by atoms with Crippen LogP contribution in [0.15, 0.2) is 0 Å². The van der Waals surface area contributed by atoms with Crippen molar-refractivity contribution >= 4 is 0 Å². The highest BCUT2D eigenvalue weighted by atomic mass is 15.2. The van der Waals surface area contributed by atoms with E-state index in [1.165, 1.54) is 25.7 Å². The molecule has 70 valence electrons. The number of rotatable bonds is 3. The van der Waals surface area contributed by atoms with Gasteiger partial charge in [0, 0.05) is 12.1 Å². The fourth-order valence-corrected chi connectivity index (χ4v) is 3.27. The molecule has 0 aromatic heterocycles. The van der Waals surface area contributed by atoms with Crippen molar-refractivity contribution < 1.29 is 0 Å². The van der Waals surface area contributed by atoms with Crippen LogP contribution in [-0.2, 0) is 0 Å². The van der Waals surface area contributed by atoms with E-state index in [4.69, 9.17) is 0 Å². The second-order valence-electron chi connectivity index (χ2n) is 4.56. The number of hydrogen-bond donors (Lipinski definition) is 0. The van der Waals surface area contributed by atoms with Crippen LogP contribution in [-0.4, -0.2) is 24.0 Å². The minimum absolute atomic E-state index is 0.923. The van der Waals surface area contributed by atoms with Gasteiger partial charge in [-0.2, -0.15) is 0 Å². The Morgan fingerprint density at radius 1 is 1.17 bits per heavy atom. The Bertz CT molecular complexity index is 166. The van der Waals surface area contributed by atoms with E-state index >= 15 is 0 Å². The second kappa shape index (κ2) is 3.02. The third-order valence-corrected chi connectivity index (χ3v) is 3.93. The molecule has 0 N–H and O–H groups in total. The normalized spacial score (nSPS) is 46.2. The van der Waals surface area contributed by atoms with Crippen molar-refractivity contribution in [2.75, 3.05) is 7.05 Å². The molecule has 4 atom stereocenters. The van der Waals surface area contributed by atoms with Crippen molar-refractivity contribution in [1.82, 2.24) is 4.90 Å². The van der Waals surface area contributed by atoms with Gasteiger partial charge in [-0.15, -0.1) is 0 Å². The molecule has 0 bridgehead atoms. The van der Waals surface area contributed by atoms with E-state index < -0.39 is 0 Å². The van der Waals surface area contributed by atoms with Gasteiger partial charge in [0.1, 0.15) is 0 Å². The van der Waals surface area contributed by atoms with E-state index in [0.29, 0.717) is 0 Å². The van der Waals surface area contributed by atoms with Crippen molar-refractivity contribution in [1.29, 1.82) is 0 Å². The maximum atomic E-state index is 2.66. The van der Waals surface area contributed by atoms with Crippen LogP contribution in [0.3, 0.4) is 0 Å². The SMILES string of the molecule is CCCC1C2CC2C(CC)N1C. The zero-order valence-corrected chi connectivity index (χ0v) is 8.59. The van der Waals surface area contributed by atoms with E-state index in [0.717, 1.165) is 23.9 Å². The van der Waals surface area contributed by atoms with Gasteiger partial charge in [-0.1, -0.05) is 20.3 Å². The molecule has 0 aromatic carbocycles. The summed E-state index contributed by atoms with van der Waals surface area (Å²) in [6.45, 7) is 4.65. The van der Waals surface area contributed by atoms with E-state index in [-0.39, 0.29) is 0 Å². The van der Waals surface area contributed by atoms with Crippen molar-refractivity contribution in [3.05, 3.63) is 0 Å². The minimum Gasteiger partial charge on any atom is -0.300 e. The summed E-state index contributed by atoms with van der Waals surface area (Å²) in [4.78, 5) is 2.66. The molecule has 4 unspecified atom stereocenters. The Labute approximate surface area is 76.1 Å². The molecule has 2 fully saturated rings. The van der Waals surface area contributed by atoms with Gasteiger partial charge in [0.05, 0.1) is 0 Å². The Balaban J connectivity index is 1.99. The fraction of sp³-hybridized carbons (Fsp3) is 1.00. The van der Waals surface area contributed by atoms with Crippen LogP contribution in [0.5, 0.6) is 0 Å². The lowest BCUT2D eigenvalue weighted by Gasteiger charge is -2.28. The molecule has 0 radical (unpaired) electrons. The lowest BCUT2D eigenvalue weighted by Crippen LogP contribution is -2.35. The van der Waals surface area contributed by atoms with Crippen LogP contribution in [0.4, 0.5) is 0 Å². The summed E-state index contributed by atoms with van der Waals surface area (Å²) in [5, 5.41) is 0. The Morgan fingerprint density at radius 2 is 1.83 bits per heavy atom. The second-order valence-corrected chi connectivity index (χ2v) is 4.56.